The van der Waals surface area contributed by atoms with E-state index in [4.69, 9.17) is 16.7 Å². The predicted octanol–water partition coefficient (Wildman–Crippen LogP) is 3.83. The zero-order valence-corrected chi connectivity index (χ0v) is 13.8. The number of aryl methyl sites for hydroxylation is 1. The van der Waals surface area contributed by atoms with Gasteiger partial charge in [-0.2, -0.15) is 0 Å². The monoisotopic (exact) mass is 367 g/mol. The van der Waals surface area contributed by atoms with Gasteiger partial charge in [-0.05, 0) is 47.9 Å². The van der Waals surface area contributed by atoms with Gasteiger partial charge in [0.2, 0.25) is 0 Å². The summed E-state index contributed by atoms with van der Waals surface area (Å²) in [5.74, 6) is -0.182. The summed E-state index contributed by atoms with van der Waals surface area (Å²) in [5.41, 5.74) is 3.17. The highest BCUT2D eigenvalue weighted by Crippen LogP contribution is 2.18. The van der Waals surface area contributed by atoms with Gasteiger partial charge in [-0.15, -0.1) is 0 Å². The van der Waals surface area contributed by atoms with Crippen LogP contribution in [0.1, 0.15) is 27.0 Å². The van der Waals surface area contributed by atoms with E-state index in [1.54, 1.807) is 18.2 Å². The van der Waals surface area contributed by atoms with Gasteiger partial charge in [0.05, 0.1) is 6.61 Å². The molecule has 5 heteroatoms. The minimum Gasteiger partial charge on any atom is -0.392 e. The fourth-order valence-electron chi connectivity index (χ4n) is 1.97. The van der Waals surface area contributed by atoms with Crippen LogP contribution in [0.15, 0.2) is 40.9 Å². The van der Waals surface area contributed by atoms with Gasteiger partial charge in [-0.25, -0.2) is 0 Å². The molecule has 2 aromatic rings. The minimum atomic E-state index is -0.182. The van der Waals surface area contributed by atoms with Gasteiger partial charge in [-0.3, -0.25) is 4.79 Å². The molecule has 0 aromatic heterocycles. The Balaban J connectivity index is 2.07. The summed E-state index contributed by atoms with van der Waals surface area (Å²) in [6.45, 7) is 2.25. The van der Waals surface area contributed by atoms with Crippen molar-refractivity contribution in [2.75, 3.05) is 0 Å². The first kappa shape index (κ1) is 16.0. The molecule has 3 nitrogen and oxygen atoms in total. The second-order valence-corrected chi connectivity index (χ2v) is 6.10. The number of nitrogens with one attached hydrogen (secondary N) is 1. The molecule has 0 saturated carbocycles. The zero-order valence-electron chi connectivity index (χ0n) is 11.5. The maximum atomic E-state index is 12.2. The summed E-state index contributed by atoms with van der Waals surface area (Å²) in [6.07, 6.45) is 0. The molecule has 0 radical (unpaired) electrons. The highest BCUT2D eigenvalue weighted by molar-refractivity contribution is 9.10. The number of hydrogen-bond acceptors (Lipinski definition) is 2. The first-order valence-corrected chi connectivity index (χ1v) is 7.60. The number of halogens is 2. The predicted molar refractivity (Wildman–Crippen MR) is 87.4 cm³/mol. The highest BCUT2D eigenvalue weighted by Gasteiger charge is 2.08. The normalized spacial score (nSPS) is 10.5. The molecule has 0 bridgehead atoms. The van der Waals surface area contributed by atoms with Gasteiger partial charge < -0.3 is 10.4 Å². The number of carbonyl (C=O) groups excluding carboxylic acids is 1. The number of aliphatic hydroxyl groups excluding tert-OH is 1. The number of hydrogen-bond donors (Lipinski definition) is 2. The summed E-state index contributed by atoms with van der Waals surface area (Å²) in [4.78, 5) is 12.2. The molecule has 0 spiro atoms. The van der Waals surface area contributed by atoms with Gasteiger partial charge in [0, 0.05) is 21.6 Å². The topological polar surface area (TPSA) is 49.3 Å². The first-order chi connectivity index (χ1) is 9.99. The Morgan fingerprint density at radius 3 is 2.67 bits per heavy atom. The zero-order chi connectivity index (χ0) is 15.4. The summed E-state index contributed by atoms with van der Waals surface area (Å²) in [6, 6.07) is 10.8. The molecule has 0 unspecified atom stereocenters. The third-order valence-corrected chi connectivity index (χ3v) is 3.96. The molecule has 0 fully saturated rings. The van der Waals surface area contributed by atoms with E-state index in [-0.39, 0.29) is 12.5 Å². The van der Waals surface area contributed by atoms with Crippen molar-refractivity contribution in [3.05, 3.63) is 68.1 Å². The standard InChI is InChI=1S/C16H15BrClNO2/c1-10-4-11(2-3-15(10)18)8-19-16(21)13-5-12(9-20)6-14(17)7-13/h2-7,20H,8-9H2,1H3,(H,19,21). The maximum absolute atomic E-state index is 12.2. The quantitative estimate of drug-likeness (QED) is 0.861. The van der Waals surface area contributed by atoms with Crippen LogP contribution in [0.2, 0.25) is 5.02 Å². The largest absolute Gasteiger partial charge is 0.392 e. The van der Waals surface area contributed by atoms with E-state index >= 15 is 0 Å². The molecular formula is C16H15BrClNO2. The van der Waals surface area contributed by atoms with Crippen LogP contribution in [0.3, 0.4) is 0 Å². The summed E-state index contributed by atoms with van der Waals surface area (Å²) in [5, 5.41) is 12.7. The van der Waals surface area contributed by atoms with Crippen molar-refractivity contribution in [2.45, 2.75) is 20.1 Å². The lowest BCUT2D eigenvalue weighted by Gasteiger charge is -2.08. The second-order valence-electron chi connectivity index (χ2n) is 4.77. The SMILES string of the molecule is Cc1cc(CNC(=O)c2cc(Br)cc(CO)c2)ccc1Cl. The Bertz CT molecular complexity index is 673. The van der Waals surface area contributed by atoms with Gasteiger partial charge in [0.1, 0.15) is 0 Å². The van der Waals surface area contributed by atoms with Crippen LogP contribution < -0.4 is 5.32 Å². The number of amides is 1. The molecule has 2 rings (SSSR count). The lowest BCUT2D eigenvalue weighted by Crippen LogP contribution is -2.23. The summed E-state index contributed by atoms with van der Waals surface area (Å²) < 4.78 is 0.765. The molecule has 0 aliphatic heterocycles. The lowest BCUT2D eigenvalue weighted by molar-refractivity contribution is 0.0950. The summed E-state index contributed by atoms with van der Waals surface area (Å²) >= 11 is 9.30. The van der Waals surface area contributed by atoms with E-state index in [1.165, 1.54) is 0 Å². The molecule has 1 amide bonds. The van der Waals surface area contributed by atoms with Gasteiger partial charge in [0.25, 0.3) is 5.91 Å². The van der Waals surface area contributed by atoms with Crippen molar-refractivity contribution in [1.82, 2.24) is 5.32 Å². The van der Waals surface area contributed by atoms with E-state index in [2.05, 4.69) is 21.2 Å². The Morgan fingerprint density at radius 2 is 2.00 bits per heavy atom. The van der Waals surface area contributed by atoms with Gasteiger partial charge >= 0.3 is 0 Å². The van der Waals surface area contributed by atoms with Crippen molar-refractivity contribution < 1.29 is 9.90 Å². The Kier molecular flexibility index (Phi) is 5.39. The average molecular weight is 369 g/mol. The van der Waals surface area contributed by atoms with Crippen molar-refractivity contribution in [3.8, 4) is 0 Å². The van der Waals surface area contributed by atoms with Crippen molar-refractivity contribution in [3.63, 3.8) is 0 Å². The van der Waals surface area contributed by atoms with Crippen molar-refractivity contribution in [2.24, 2.45) is 0 Å². The lowest BCUT2D eigenvalue weighted by atomic mass is 10.1. The number of benzene rings is 2. The third-order valence-electron chi connectivity index (χ3n) is 3.08. The highest BCUT2D eigenvalue weighted by atomic mass is 79.9. The molecule has 21 heavy (non-hydrogen) atoms. The molecule has 2 aromatic carbocycles. The maximum Gasteiger partial charge on any atom is 0.251 e. The van der Waals surface area contributed by atoms with Gasteiger partial charge in [-0.1, -0.05) is 39.7 Å². The molecule has 110 valence electrons. The Labute approximate surface area is 137 Å². The second kappa shape index (κ2) is 7.07. The van der Waals surface area contributed by atoms with Gasteiger partial charge in [0.15, 0.2) is 0 Å². The minimum absolute atomic E-state index is 0.101. The van der Waals surface area contributed by atoms with Crippen molar-refractivity contribution in [1.29, 1.82) is 0 Å². The molecule has 2 N–H and O–H groups in total. The molecule has 0 aliphatic carbocycles. The fourth-order valence-corrected chi connectivity index (χ4v) is 2.63. The van der Waals surface area contributed by atoms with Crippen LogP contribution in [0, 0.1) is 6.92 Å². The van der Waals surface area contributed by atoms with E-state index in [0.29, 0.717) is 22.7 Å². The van der Waals surface area contributed by atoms with Crippen LogP contribution in [-0.2, 0) is 13.2 Å². The van der Waals surface area contributed by atoms with E-state index in [1.807, 2.05) is 25.1 Å². The van der Waals surface area contributed by atoms with Crippen LogP contribution in [0.4, 0.5) is 0 Å². The molecular weight excluding hydrogens is 354 g/mol. The van der Waals surface area contributed by atoms with Crippen LogP contribution in [-0.4, -0.2) is 11.0 Å². The van der Waals surface area contributed by atoms with Crippen LogP contribution >= 0.6 is 27.5 Å². The number of rotatable bonds is 4. The van der Waals surface area contributed by atoms with Crippen LogP contribution in [0.5, 0.6) is 0 Å². The summed E-state index contributed by atoms with van der Waals surface area (Å²) in [7, 11) is 0. The van der Waals surface area contributed by atoms with E-state index in [9.17, 15) is 4.79 Å². The Hall–Kier alpha value is -1.36. The molecule has 0 atom stereocenters. The molecule has 0 heterocycles. The fraction of sp³-hybridized carbons (Fsp3) is 0.188. The average Bonchev–Trinajstić information content (AvgIpc) is 2.47. The molecule has 0 saturated heterocycles. The smallest absolute Gasteiger partial charge is 0.251 e. The van der Waals surface area contributed by atoms with Crippen molar-refractivity contribution >= 4 is 33.4 Å². The molecule has 0 aliphatic rings. The van der Waals surface area contributed by atoms with Crippen LogP contribution in [0.25, 0.3) is 0 Å². The number of aliphatic hydroxyl groups is 1. The van der Waals surface area contributed by atoms with E-state index < -0.39 is 0 Å². The third kappa shape index (κ3) is 4.30. The Morgan fingerprint density at radius 1 is 1.24 bits per heavy atom. The number of carbonyl (C=O) groups is 1. The first-order valence-electron chi connectivity index (χ1n) is 6.43. The van der Waals surface area contributed by atoms with E-state index in [0.717, 1.165) is 15.6 Å².